The fraction of sp³-hybridized carbons (Fsp3) is 0. The minimum absolute atomic E-state index is 0.117. The average Bonchev–Trinajstić information content (AvgIpc) is 2.47. The number of amides is 1. The van der Waals surface area contributed by atoms with E-state index in [1.54, 1.807) is 30.3 Å². The molecular weight excluding hydrogens is 340 g/mol. The third-order valence-electron chi connectivity index (χ3n) is 2.74. The highest BCUT2D eigenvalue weighted by Gasteiger charge is 2.04. The molecule has 4 N–H and O–H groups in total. The second-order valence-electron chi connectivity index (χ2n) is 4.46. The number of nitrogens with one attached hydrogen (secondary N) is 2. The van der Waals surface area contributed by atoms with Crippen molar-refractivity contribution in [3.05, 3.63) is 59.1 Å². The van der Waals surface area contributed by atoms with E-state index in [0.29, 0.717) is 16.3 Å². The van der Waals surface area contributed by atoms with Crippen LogP contribution in [0.1, 0.15) is 5.56 Å². The summed E-state index contributed by atoms with van der Waals surface area (Å²) >= 11 is 3.55. The largest absolute Gasteiger partial charge is 0.506 e. The van der Waals surface area contributed by atoms with Gasteiger partial charge in [-0.1, -0.05) is 23.7 Å². The van der Waals surface area contributed by atoms with Gasteiger partial charge in [0.05, 0.1) is 5.69 Å². The van der Waals surface area contributed by atoms with Crippen molar-refractivity contribution in [3.8, 4) is 5.75 Å². The molecule has 0 aromatic heterocycles. The summed E-state index contributed by atoms with van der Waals surface area (Å²) in [6.45, 7) is 0. The molecule has 0 fully saturated rings. The first-order chi connectivity index (χ1) is 10.9. The predicted molar refractivity (Wildman–Crippen MR) is 91.6 cm³/mol. The molecule has 0 aliphatic heterocycles. The molecule has 2 aromatic rings. The maximum Gasteiger partial charge on any atom is 0.259 e. The molecule has 1 amide bonds. The smallest absolute Gasteiger partial charge is 0.259 e. The Morgan fingerprint density at radius 3 is 2.65 bits per heavy atom. The minimum Gasteiger partial charge on any atom is -0.506 e. The monoisotopic (exact) mass is 352 g/mol. The van der Waals surface area contributed by atoms with E-state index >= 15 is 0 Å². The molecule has 23 heavy (non-hydrogen) atoms. The molecule has 0 saturated carbocycles. The lowest BCUT2D eigenvalue weighted by molar-refractivity contribution is -0.111. The summed E-state index contributed by atoms with van der Waals surface area (Å²) in [6.07, 6.45) is 2.80. The minimum atomic E-state index is -2.27. The SMILES string of the molecule is O=C(/C=C/c1ccc(NS(=O)O)c(O)c1)Nc1cccc(Cl)c1. The Morgan fingerprint density at radius 2 is 2.00 bits per heavy atom. The van der Waals surface area contributed by atoms with Crippen molar-refractivity contribution >= 4 is 46.2 Å². The molecule has 6 nitrogen and oxygen atoms in total. The van der Waals surface area contributed by atoms with Crippen LogP contribution in [0.2, 0.25) is 5.02 Å². The van der Waals surface area contributed by atoms with Gasteiger partial charge >= 0.3 is 0 Å². The van der Waals surface area contributed by atoms with E-state index in [2.05, 4.69) is 10.0 Å². The Labute approximate surface area is 140 Å². The first kappa shape index (κ1) is 17.0. The van der Waals surface area contributed by atoms with Crippen molar-refractivity contribution in [3.63, 3.8) is 0 Å². The standard InChI is InChI=1S/C15H13ClN2O4S/c16-11-2-1-3-12(9-11)17-15(20)7-5-10-4-6-13(14(19)8-10)18-23(21)22/h1-9,18-19H,(H,17,20)(H,21,22)/b7-5+. The molecule has 1 atom stereocenters. The van der Waals surface area contributed by atoms with Gasteiger partial charge in [-0.25, -0.2) is 4.21 Å². The maximum absolute atomic E-state index is 11.8. The number of rotatable bonds is 5. The van der Waals surface area contributed by atoms with Crippen molar-refractivity contribution in [1.82, 2.24) is 0 Å². The van der Waals surface area contributed by atoms with Crippen molar-refractivity contribution in [2.75, 3.05) is 10.0 Å². The number of carbonyl (C=O) groups excluding carboxylic acids is 1. The Morgan fingerprint density at radius 1 is 1.22 bits per heavy atom. The normalized spacial score (nSPS) is 12.1. The molecular formula is C15H13ClN2O4S. The van der Waals surface area contributed by atoms with Gasteiger partial charge in [0.25, 0.3) is 11.3 Å². The maximum atomic E-state index is 11.8. The second kappa shape index (κ2) is 7.77. The van der Waals surface area contributed by atoms with Crippen LogP contribution in [-0.2, 0) is 16.1 Å². The topological polar surface area (TPSA) is 98.7 Å². The summed E-state index contributed by atoms with van der Waals surface area (Å²) in [6, 6.07) is 11.1. The van der Waals surface area contributed by atoms with Crippen LogP contribution in [0.4, 0.5) is 11.4 Å². The van der Waals surface area contributed by atoms with Crippen molar-refractivity contribution in [1.29, 1.82) is 0 Å². The highest BCUT2D eigenvalue weighted by molar-refractivity contribution is 7.80. The van der Waals surface area contributed by atoms with Crippen LogP contribution in [0.3, 0.4) is 0 Å². The number of aromatic hydroxyl groups is 1. The molecule has 1 unspecified atom stereocenters. The van der Waals surface area contributed by atoms with Crippen molar-refractivity contribution in [2.45, 2.75) is 0 Å². The zero-order valence-corrected chi connectivity index (χ0v) is 13.3. The molecule has 0 radical (unpaired) electrons. The summed E-state index contributed by atoms with van der Waals surface area (Å²) in [5, 5.41) is 12.9. The number of hydrogen-bond donors (Lipinski definition) is 4. The number of hydrogen-bond acceptors (Lipinski definition) is 3. The zero-order chi connectivity index (χ0) is 16.8. The Hall–Kier alpha value is -2.35. The van der Waals surface area contributed by atoms with Gasteiger partial charge in [-0.15, -0.1) is 0 Å². The number of phenols is 1. The molecule has 8 heteroatoms. The number of benzene rings is 2. The van der Waals surface area contributed by atoms with Gasteiger partial charge in [0, 0.05) is 16.8 Å². The Balaban J connectivity index is 2.03. The van der Waals surface area contributed by atoms with Crippen LogP contribution in [0.25, 0.3) is 6.08 Å². The summed E-state index contributed by atoms with van der Waals surface area (Å²) in [7, 11) is 0. The van der Waals surface area contributed by atoms with Crippen LogP contribution in [0, 0.1) is 0 Å². The van der Waals surface area contributed by atoms with Crippen LogP contribution in [-0.4, -0.2) is 19.8 Å². The Kier molecular flexibility index (Phi) is 5.75. The molecule has 120 valence electrons. The lowest BCUT2D eigenvalue weighted by Crippen LogP contribution is -2.07. The molecule has 0 aliphatic carbocycles. The summed E-state index contributed by atoms with van der Waals surface area (Å²) in [5.74, 6) is -0.560. The van der Waals surface area contributed by atoms with E-state index in [1.165, 1.54) is 24.3 Å². The van der Waals surface area contributed by atoms with E-state index in [9.17, 15) is 14.1 Å². The molecule has 2 aromatic carbocycles. The molecule has 2 rings (SSSR count). The number of phenolic OH excluding ortho intramolecular Hbond substituents is 1. The third-order valence-corrected chi connectivity index (χ3v) is 3.37. The quantitative estimate of drug-likeness (QED) is 0.377. The molecule has 0 saturated heterocycles. The Bertz CT molecular complexity index is 780. The predicted octanol–water partition coefficient (Wildman–Crippen LogP) is 3.25. The van der Waals surface area contributed by atoms with Gasteiger partial charge < -0.3 is 10.4 Å². The first-order valence-electron chi connectivity index (χ1n) is 6.39. The number of anilines is 2. The van der Waals surface area contributed by atoms with Gasteiger partial charge in [0.15, 0.2) is 0 Å². The molecule has 0 bridgehead atoms. The lowest BCUT2D eigenvalue weighted by atomic mass is 10.2. The zero-order valence-electron chi connectivity index (χ0n) is 11.7. The highest BCUT2D eigenvalue weighted by atomic mass is 35.5. The lowest BCUT2D eigenvalue weighted by Gasteiger charge is -2.05. The van der Waals surface area contributed by atoms with Crippen LogP contribution >= 0.6 is 11.6 Å². The highest BCUT2D eigenvalue weighted by Crippen LogP contribution is 2.25. The van der Waals surface area contributed by atoms with E-state index in [0.717, 1.165) is 0 Å². The third kappa shape index (κ3) is 5.41. The van der Waals surface area contributed by atoms with Gasteiger partial charge in [0.2, 0.25) is 5.91 Å². The van der Waals surface area contributed by atoms with Gasteiger partial charge in [-0.2, -0.15) is 0 Å². The fourth-order valence-electron chi connectivity index (χ4n) is 1.75. The van der Waals surface area contributed by atoms with Gasteiger partial charge in [-0.05, 0) is 42.0 Å². The molecule has 0 heterocycles. The van der Waals surface area contributed by atoms with Crippen molar-refractivity contribution < 1.29 is 18.7 Å². The molecule has 0 aliphatic rings. The van der Waals surface area contributed by atoms with E-state index in [-0.39, 0.29) is 17.3 Å². The van der Waals surface area contributed by atoms with E-state index in [1.807, 2.05) is 0 Å². The number of halogens is 1. The molecule has 0 spiro atoms. The average molecular weight is 353 g/mol. The second-order valence-corrected chi connectivity index (χ2v) is 5.60. The van der Waals surface area contributed by atoms with E-state index < -0.39 is 11.3 Å². The van der Waals surface area contributed by atoms with E-state index in [4.69, 9.17) is 16.2 Å². The van der Waals surface area contributed by atoms with Crippen LogP contribution in [0.5, 0.6) is 5.75 Å². The van der Waals surface area contributed by atoms with Gasteiger partial charge in [-0.3, -0.25) is 14.1 Å². The van der Waals surface area contributed by atoms with Crippen LogP contribution in [0.15, 0.2) is 48.5 Å². The summed E-state index contributed by atoms with van der Waals surface area (Å²) in [4.78, 5) is 11.8. The summed E-state index contributed by atoms with van der Waals surface area (Å²) < 4.78 is 21.5. The first-order valence-corrected chi connectivity index (χ1v) is 7.87. The van der Waals surface area contributed by atoms with Crippen molar-refractivity contribution in [2.24, 2.45) is 0 Å². The number of carbonyl (C=O) groups is 1. The fourth-order valence-corrected chi connectivity index (χ4v) is 2.31. The van der Waals surface area contributed by atoms with Crippen LogP contribution < -0.4 is 10.0 Å². The van der Waals surface area contributed by atoms with Gasteiger partial charge in [0.1, 0.15) is 5.75 Å². The summed E-state index contributed by atoms with van der Waals surface area (Å²) in [5.41, 5.74) is 1.24.